The zero-order chi connectivity index (χ0) is 19.0. The van der Waals surface area contributed by atoms with Crippen molar-refractivity contribution in [2.45, 2.75) is 24.5 Å². The number of anilines is 1. The van der Waals surface area contributed by atoms with Crippen LogP contribution >= 0.6 is 15.6 Å². The van der Waals surface area contributed by atoms with Gasteiger partial charge in [0.1, 0.15) is 12.0 Å². The molecular weight excluding hydrogens is 434 g/mol. The third-order valence-electron chi connectivity index (χ3n) is 3.02. The predicted molar refractivity (Wildman–Crippen MR) is 73.3 cm³/mol. The van der Waals surface area contributed by atoms with Crippen molar-refractivity contribution < 1.29 is 107 Å². The van der Waals surface area contributed by atoms with E-state index in [0.717, 1.165) is 10.8 Å². The second kappa shape index (κ2) is 10.7. The number of ether oxygens (including phenoxy) is 1. The standard InChI is InChI=1S/C9H13N3O11P2.2Na/c10-5-1-2-12(9(15)11-5)8-7(14)6(13)4(22-8)3-21-25(19,20)23-24(16,17)18;;/h1-2,4,6-8H,3H2,(H,19,20)(H2,10,11,15)(H2,16,17,18);;/q-2;2*+1/t4-,6+,7-,8-;;/m1../s1. The van der Waals surface area contributed by atoms with Crippen LogP contribution in [-0.4, -0.2) is 49.2 Å². The molecule has 1 aliphatic rings. The summed E-state index contributed by atoms with van der Waals surface area (Å²) in [5.74, 6) is -0.115. The molecule has 0 aliphatic carbocycles. The van der Waals surface area contributed by atoms with Crippen LogP contribution in [0.5, 0.6) is 0 Å². The van der Waals surface area contributed by atoms with Crippen LogP contribution in [0.25, 0.3) is 0 Å². The van der Waals surface area contributed by atoms with Crippen molar-refractivity contribution in [2.24, 2.45) is 0 Å². The van der Waals surface area contributed by atoms with Crippen LogP contribution in [0.3, 0.4) is 0 Å². The summed E-state index contributed by atoms with van der Waals surface area (Å²) in [6, 6.07) is 1.19. The third kappa shape index (κ3) is 7.87. The minimum Gasteiger partial charge on any atom is -0.851 e. The summed E-state index contributed by atoms with van der Waals surface area (Å²) in [5.41, 5.74) is 4.35. The van der Waals surface area contributed by atoms with E-state index in [1.54, 1.807) is 0 Å². The molecule has 0 radical (unpaired) electrons. The molecule has 5 atom stereocenters. The molecule has 1 unspecified atom stereocenters. The van der Waals surface area contributed by atoms with Gasteiger partial charge in [0.15, 0.2) is 0 Å². The first kappa shape index (κ1) is 27.8. The molecule has 1 fully saturated rings. The van der Waals surface area contributed by atoms with Gasteiger partial charge in [-0.25, -0.2) is 13.9 Å². The zero-order valence-corrected chi connectivity index (χ0v) is 19.9. The number of nitrogen functional groups attached to an aromatic ring is 1. The number of phosphoric acid groups is 2. The Bertz CT molecular complexity index is 789. The number of aromatic nitrogens is 2. The van der Waals surface area contributed by atoms with Gasteiger partial charge in [0, 0.05) is 6.20 Å². The molecule has 27 heavy (non-hydrogen) atoms. The van der Waals surface area contributed by atoms with E-state index in [0.29, 0.717) is 0 Å². The average molecular weight is 447 g/mol. The monoisotopic (exact) mass is 447 g/mol. The fourth-order valence-corrected chi connectivity index (χ4v) is 3.61. The molecule has 2 rings (SSSR count). The molecule has 1 saturated heterocycles. The molecule has 0 aromatic carbocycles. The van der Waals surface area contributed by atoms with E-state index in [9.17, 15) is 24.1 Å². The van der Waals surface area contributed by atoms with E-state index >= 15 is 0 Å². The molecule has 1 aromatic rings. The number of nitrogens with two attached hydrogens (primary N) is 1. The second-order valence-corrected chi connectivity index (χ2v) is 7.70. The van der Waals surface area contributed by atoms with Crippen molar-refractivity contribution in [3.05, 3.63) is 22.7 Å². The first-order valence-corrected chi connectivity index (χ1v) is 9.48. The summed E-state index contributed by atoms with van der Waals surface area (Å²) in [7, 11) is -10.5. The van der Waals surface area contributed by atoms with Crippen molar-refractivity contribution in [3.8, 4) is 0 Å². The Hall–Kier alpha value is 0.820. The maximum atomic E-state index is 12.0. The van der Waals surface area contributed by atoms with Gasteiger partial charge in [0.25, 0.3) is 0 Å². The van der Waals surface area contributed by atoms with Gasteiger partial charge in [-0.1, -0.05) is 6.10 Å². The molecular formula is C9H13N3Na2O11P2. The van der Waals surface area contributed by atoms with Gasteiger partial charge < -0.3 is 35.4 Å². The molecule has 18 heteroatoms. The van der Waals surface area contributed by atoms with Crippen molar-refractivity contribution in [1.29, 1.82) is 0 Å². The maximum Gasteiger partial charge on any atom is 1.00 e. The predicted octanol–water partition coefficient (Wildman–Crippen LogP) is -9.59. The largest absolute Gasteiger partial charge is 1.00 e. The number of hydrogen-bond donors (Lipinski definition) is 4. The normalized spacial score (nSPS) is 27.3. The number of hydrogen-bond acceptors (Lipinski definition) is 10. The average Bonchev–Trinajstić information content (AvgIpc) is 2.71. The van der Waals surface area contributed by atoms with E-state index in [1.165, 1.54) is 6.07 Å². The molecule has 0 bridgehead atoms. The number of phosphoric ester groups is 1. The summed E-state index contributed by atoms with van der Waals surface area (Å²) >= 11 is 0. The smallest absolute Gasteiger partial charge is 0.851 e. The fourth-order valence-electron chi connectivity index (χ4n) is 2.01. The van der Waals surface area contributed by atoms with Crippen molar-refractivity contribution >= 4 is 21.5 Å². The van der Waals surface area contributed by atoms with Gasteiger partial charge in [-0.2, -0.15) is 9.29 Å². The van der Waals surface area contributed by atoms with E-state index in [2.05, 4.69) is 13.8 Å². The topological polar surface area (TPSA) is 230 Å². The van der Waals surface area contributed by atoms with Crippen LogP contribution in [0.2, 0.25) is 0 Å². The molecule has 0 amide bonds. The Kier molecular flexibility index (Phi) is 11.1. The van der Waals surface area contributed by atoms with Crippen LogP contribution in [0.4, 0.5) is 5.82 Å². The molecule has 142 valence electrons. The molecule has 0 saturated carbocycles. The third-order valence-corrected chi connectivity index (χ3v) is 5.17. The van der Waals surface area contributed by atoms with Gasteiger partial charge in [-0.3, -0.25) is 9.09 Å². The molecule has 1 aliphatic heterocycles. The van der Waals surface area contributed by atoms with Crippen LogP contribution in [0.15, 0.2) is 17.1 Å². The molecule has 5 N–H and O–H groups in total. The molecule has 2 heterocycles. The van der Waals surface area contributed by atoms with E-state index in [-0.39, 0.29) is 64.9 Å². The Labute approximate surface area is 196 Å². The number of rotatable bonds is 6. The minimum absolute atomic E-state index is 0. The van der Waals surface area contributed by atoms with Crippen LogP contribution < -0.4 is 80.8 Å². The number of nitrogens with zero attached hydrogens (tertiary/aromatic N) is 2. The van der Waals surface area contributed by atoms with Crippen molar-refractivity contribution in [3.63, 3.8) is 0 Å². The minimum atomic E-state index is -5.33. The fraction of sp³-hybridized carbons (Fsp3) is 0.556. The summed E-state index contributed by atoms with van der Waals surface area (Å²) < 4.78 is 35.4. The van der Waals surface area contributed by atoms with Gasteiger partial charge in [-0.05, 0) is 6.07 Å². The van der Waals surface area contributed by atoms with Gasteiger partial charge >= 0.3 is 80.4 Å². The van der Waals surface area contributed by atoms with E-state index < -0.39 is 52.5 Å². The summed E-state index contributed by atoms with van der Waals surface area (Å²) in [5, 5.41) is 23.9. The summed E-state index contributed by atoms with van der Waals surface area (Å²) in [6.07, 6.45) is -6.07. The van der Waals surface area contributed by atoms with Crippen molar-refractivity contribution in [2.75, 3.05) is 12.3 Å². The maximum absolute atomic E-state index is 12.0. The van der Waals surface area contributed by atoms with Crippen LogP contribution in [0, 0.1) is 0 Å². The first-order chi connectivity index (χ1) is 11.4. The molecule has 1 aromatic heterocycles. The SMILES string of the molecule is Nc1ccn([C@@H]2O[C@H](COP(=O)(O)OP(=O)(O)O)[C@H]([O-])[C@H]2[O-])c(=O)n1.[Na+].[Na+]. The summed E-state index contributed by atoms with van der Waals surface area (Å²) in [6.45, 7) is -0.978. The van der Waals surface area contributed by atoms with Gasteiger partial charge in [-0.15, -0.1) is 6.10 Å². The zero-order valence-electron chi connectivity index (χ0n) is 14.1. The van der Waals surface area contributed by atoms with E-state index in [1.807, 2.05) is 0 Å². The Morgan fingerprint density at radius 2 is 1.85 bits per heavy atom. The second-order valence-electron chi connectivity index (χ2n) is 4.87. The van der Waals surface area contributed by atoms with Crippen LogP contribution in [-0.2, 0) is 22.7 Å². The Morgan fingerprint density at radius 3 is 2.37 bits per heavy atom. The van der Waals surface area contributed by atoms with Gasteiger partial charge in [0.05, 0.1) is 12.7 Å². The Balaban J connectivity index is 0.00000338. The first-order valence-electron chi connectivity index (χ1n) is 6.45. The van der Waals surface area contributed by atoms with Crippen molar-refractivity contribution in [1.82, 2.24) is 9.55 Å². The molecule has 0 spiro atoms. The quantitative estimate of drug-likeness (QED) is 0.235. The Morgan fingerprint density at radius 1 is 1.26 bits per heavy atom. The van der Waals surface area contributed by atoms with E-state index in [4.69, 9.17) is 25.2 Å². The van der Waals surface area contributed by atoms with Crippen LogP contribution in [0.1, 0.15) is 6.23 Å². The summed E-state index contributed by atoms with van der Waals surface area (Å²) in [4.78, 5) is 41.1. The molecule has 14 nitrogen and oxygen atoms in total. The van der Waals surface area contributed by atoms with Gasteiger partial charge in [0.2, 0.25) is 0 Å².